The van der Waals surface area contributed by atoms with E-state index >= 15 is 0 Å². The van der Waals surface area contributed by atoms with Crippen LogP contribution in [0.3, 0.4) is 0 Å². The number of thiazole rings is 1. The van der Waals surface area contributed by atoms with Crippen molar-refractivity contribution in [3.8, 4) is 0 Å². The third kappa shape index (κ3) is 2.46. The third-order valence-corrected chi connectivity index (χ3v) is 4.30. The quantitative estimate of drug-likeness (QED) is 0.694. The largest absolute Gasteiger partial charge is 0.378 e. The summed E-state index contributed by atoms with van der Waals surface area (Å²) < 4.78 is 6.33. The number of nitro benzene ring substituents is 1. The fourth-order valence-corrected chi connectivity index (χ4v) is 3.25. The molecule has 1 saturated heterocycles. The lowest BCUT2D eigenvalue weighted by Crippen LogP contribution is -2.32. The van der Waals surface area contributed by atoms with Crippen molar-refractivity contribution in [3.63, 3.8) is 0 Å². The summed E-state index contributed by atoms with van der Waals surface area (Å²) in [6.45, 7) is 2.71. The minimum atomic E-state index is -0.354. The van der Waals surface area contributed by atoms with Crippen LogP contribution in [0.2, 0.25) is 0 Å². The maximum atomic E-state index is 11.3. The fourth-order valence-electron chi connectivity index (χ4n) is 2.57. The van der Waals surface area contributed by atoms with Crippen LogP contribution in [0.1, 0.15) is 19.8 Å². The van der Waals surface area contributed by atoms with E-state index in [0.29, 0.717) is 17.8 Å². The molecule has 7 heteroatoms. The highest BCUT2D eigenvalue weighted by Crippen LogP contribution is 2.35. The van der Waals surface area contributed by atoms with Gasteiger partial charge in [-0.25, -0.2) is 4.98 Å². The second kappa shape index (κ2) is 5.34. The van der Waals surface area contributed by atoms with E-state index in [1.807, 2.05) is 13.0 Å². The molecule has 0 amide bonds. The Kier molecular flexibility index (Phi) is 3.54. The van der Waals surface area contributed by atoms with E-state index < -0.39 is 0 Å². The zero-order valence-corrected chi connectivity index (χ0v) is 11.9. The van der Waals surface area contributed by atoms with Gasteiger partial charge in [-0.2, -0.15) is 0 Å². The summed E-state index contributed by atoms with van der Waals surface area (Å²) in [5.74, 6) is 0. The first kappa shape index (κ1) is 13.3. The van der Waals surface area contributed by atoms with E-state index in [0.717, 1.165) is 17.5 Å². The van der Waals surface area contributed by atoms with Crippen LogP contribution in [0.5, 0.6) is 0 Å². The first-order chi connectivity index (χ1) is 9.65. The van der Waals surface area contributed by atoms with Crippen LogP contribution in [0.15, 0.2) is 17.6 Å². The molecule has 3 rings (SSSR count). The summed E-state index contributed by atoms with van der Waals surface area (Å²) in [5, 5.41) is 14.6. The molecule has 2 heterocycles. The van der Waals surface area contributed by atoms with Gasteiger partial charge in [-0.15, -0.1) is 11.3 Å². The van der Waals surface area contributed by atoms with Gasteiger partial charge in [0.25, 0.3) is 0 Å². The van der Waals surface area contributed by atoms with E-state index in [1.165, 1.54) is 11.3 Å². The Balaban J connectivity index is 1.94. The highest BCUT2D eigenvalue weighted by molar-refractivity contribution is 7.16. The average Bonchev–Trinajstić information content (AvgIpc) is 2.86. The number of rotatable bonds is 3. The van der Waals surface area contributed by atoms with E-state index in [-0.39, 0.29) is 22.8 Å². The van der Waals surface area contributed by atoms with Crippen molar-refractivity contribution in [2.24, 2.45) is 0 Å². The molecule has 6 nitrogen and oxygen atoms in total. The SMILES string of the molecule is CC1CC(Nc2ccc3scnc3c2[N+](=O)[O-])CCO1. The Morgan fingerprint density at radius 3 is 3.15 bits per heavy atom. The normalized spacial score (nSPS) is 22.9. The summed E-state index contributed by atoms with van der Waals surface area (Å²) in [6.07, 6.45) is 1.89. The van der Waals surface area contributed by atoms with Crippen LogP contribution < -0.4 is 5.32 Å². The van der Waals surface area contributed by atoms with Gasteiger partial charge in [0, 0.05) is 12.6 Å². The lowest BCUT2D eigenvalue weighted by atomic mass is 10.0. The van der Waals surface area contributed by atoms with Crippen molar-refractivity contribution < 1.29 is 9.66 Å². The maximum Gasteiger partial charge on any atom is 0.319 e. The highest BCUT2D eigenvalue weighted by atomic mass is 32.1. The highest BCUT2D eigenvalue weighted by Gasteiger charge is 2.25. The van der Waals surface area contributed by atoms with Gasteiger partial charge in [-0.05, 0) is 31.9 Å². The molecule has 20 heavy (non-hydrogen) atoms. The van der Waals surface area contributed by atoms with Crippen molar-refractivity contribution in [1.29, 1.82) is 0 Å². The third-order valence-electron chi connectivity index (χ3n) is 3.50. The van der Waals surface area contributed by atoms with Crippen molar-refractivity contribution in [3.05, 3.63) is 27.8 Å². The summed E-state index contributed by atoms with van der Waals surface area (Å²) >= 11 is 1.41. The monoisotopic (exact) mass is 293 g/mol. The predicted molar refractivity (Wildman–Crippen MR) is 78.3 cm³/mol. The molecule has 2 atom stereocenters. The van der Waals surface area contributed by atoms with Crippen LogP contribution in [0, 0.1) is 10.1 Å². The molecule has 0 bridgehead atoms. The van der Waals surface area contributed by atoms with E-state index in [1.54, 1.807) is 11.6 Å². The molecular weight excluding hydrogens is 278 g/mol. The van der Waals surface area contributed by atoms with Crippen LogP contribution in [0.4, 0.5) is 11.4 Å². The molecule has 1 aromatic carbocycles. The molecule has 2 aromatic rings. The zero-order chi connectivity index (χ0) is 14.1. The number of ether oxygens (including phenoxy) is 1. The van der Waals surface area contributed by atoms with Gasteiger partial charge in [0.15, 0.2) is 5.52 Å². The molecule has 0 aliphatic carbocycles. The molecule has 0 radical (unpaired) electrons. The molecule has 0 spiro atoms. The molecule has 106 valence electrons. The first-order valence-corrected chi connectivity index (χ1v) is 7.42. The molecule has 2 unspecified atom stereocenters. The van der Waals surface area contributed by atoms with E-state index in [4.69, 9.17) is 4.74 Å². The van der Waals surface area contributed by atoms with Crippen molar-refractivity contribution in [2.75, 3.05) is 11.9 Å². The van der Waals surface area contributed by atoms with Gasteiger partial charge in [0.1, 0.15) is 5.69 Å². The Morgan fingerprint density at radius 2 is 2.40 bits per heavy atom. The second-order valence-corrected chi connectivity index (χ2v) is 5.85. The number of anilines is 1. The van der Waals surface area contributed by atoms with Gasteiger partial charge in [-0.1, -0.05) is 0 Å². The van der Waals surface area contributed by atoms with E-state index in [9.17, 15) is 10.1 Å². The van der Waals surface area contributed by atoms with Crippen LogP contribution in [0.25, 0.3) is 10.2 Å². The number of aromatic nitrogens is 1. The Bertz CT molecular complexity index is 643. The standard InChI is InChI=1S/C13H15N3O3S/c1-8-6-9(4-5-19-8)15-10-2-3-11-12(14-7-20-11)13(10)16(17)18/h2-3,7-9,15H,4-6H2,1H3. The van der Waals surface area contributed by atoms with Crippen LogP contribution in [-0.4, -0.2) is 28.7 Å². The van der Waals surface area contributed by atoms with Crippen molar-refractivity contribution >= 4 is 32.9 Å². The molecule has 1 aromatic heterocycles. The van der Waals surface area contributed by atoms with Gasteiger partial charge < -0.3 is 10.1 Å². The Labute approximate surface area is 119 Å². The summed E-state index contributed by atoms with van der Waals surface area (Å²) in [6, 6.07) is 3.86. The molecule has 1 aliphatic heterocycles. The topological polar surface area (TPSA) is 77.3 Å². The summed E-state index contributed by atoms with van der Waals surface area (Å²) in [5.41, 5.74) is 2.72. The molecule has 1 N–H and O–H groups in total. The number of fused-ring (bicyclic) bond motifs is 1. The van der Waals surface area contributed by atoms with Gasteiger partial charge >= 0.3 is 5.69 Å². The number of benzene rings is 1. The van der Waals surface area contributed by atoms with E-state index in [2.05, 4.69) is 10.3 Å². The predicted octanol–water partition coefficient (Wildman–Crippen LogP) is 3.18. The number of hydrogen-bond donors (Lipinski definition) is 1. The lowest BCUT2D eigenvalue weighted by molar-refractivity contribution is -0.382. The minimum absolute atomic E-state index is 0.0721. The first-order valence-electron chi connectivity index (χ1n) is 6.54. The lowest BCUT2D eigenvalue weighted by Gasteiger charge is -2.28. The van der Waals surface area contributed by atoms with Crippen LogP contribution in [-0.2, 0) is 4.74 Å². The Morgan fingerprint density at radius 1 is 1.55 bits per heavy atom. The second-order valence-electron chi connectivity index (χ2n) is 4.96. The molecular formula is C13H15N3O3S. The smallest absolute Gasteiger partial charge is 0.319 e. The zero-order valence-electron chi connectivity index (χ0n) is 11.0. The molecule has 1 aliphatic rings. The number of nitrogens with one attached hydrogen (secondary N) is 1. The number of hydrogen-bond acceptors (Lipinski definition) is 6. The minimum Gasteiger partial charge on any atom is -0.378 e. The van der Waals surface area contributed by atoms with Gasteiger partial charge in [0.05, 0.1) is 21.2 Å². The van der Waals surface area contributed by atoms with Crippen molar-refractivity contribution in [1.82, 2.24) is 4.98 Å². The maximum absolute atomic E-state index is 11.3. The molecule has 0 saturated carbocycles. The van der Waals surface area contributed by atoms with Crippen molar-refractivity contribution in [2.45, 2.75) is 31.9 Å². The van der Waals surface area contributed by atoms with Gasteiger partial charge in [0.2, 0.25) is 0 Å². The number of nitro groups is 1. The van der Waals surface area contributed by atoms with Crippen LogP contribution >= 0.6 is 11.3 Å². The average molecular weight is 293 g/mol. The number of nitrogens with zero attached hydrogens (tertiary/aromatic N) is 2. The van der Waals surface area contributed by atoms with Gasteiger partial charge in [-0.3, -0.25) is 10.1 Å². The Hall–Kier alpha value is -1.73. The molecule has 1 fully saturated rings. The summed E-state index contributed by atoms with van der Waals surface area (Å²) in [4.78, 5) is 15.1. The summed E-state index contributed by atoms with van der Waals surface area (Å²) in [7, 11) is 0. The fraction of sp³-hybridized carbons (Fsp3) is 0.462.